The average molecular weight is 314 g/mol. The van der Waals surface area contributed by atoms with Crippen LogP contribution in [0.2, 0.25) is 5.02 Å². The van der Waals surface area contributed by atoms with E-state index < -0.39 is 0 Å². The maximum absolute atomic E-state index is 6.33. The Labute approximate surface area is 136 Å². The highest BCUT2D eigenvalue weighted by Gasteiger charge is 2.08. The molecule has 0 amide bonds. The molecule has 4 heteroatoms. The molecule has 1 atom stereocenters. The van der Waals surface area contributed by atoms with Crippen molar-refractivity contribution in [2.75, 3.05) is 17.6 Å². The third-order valence-electron chi connectivity index (χ3n) is 3.52. The summed E-state index contributed by atoms with van der Waals surface area (Å²) in [5, 5.41) is 3.83. The fourth-order valence-corrected chi connectivity index (χ4v) is 2.06. The number of halogens is 1. The number of rotatable bonds is 4. The molecule has 2 aromatic rings. The van der Waals surface area contributed by atoms with Gasteiger partial charge in [0.25, 0.3) is 0 Å². The van der Waals surface area contributed by atoms with Crippen LogP contribution < -0.4 is 11.1 Å². The lowest BCUT2D eigenvalue weighted by atomic mass is 10.1. The van der Waals surface area contributed by atoms with E-state index in [0.717, 1.165) is 29.8 Å². The van der Waals surface area contributed by atoms with E-state index in [1.807, 2.05) is 24.3 Å². The number of pyridine rings is 1. The van der Waals surface area contributed by atoms with E-state index in [2.05, 4.69) is 36.0 Å². The summed E-state index contributed by atoms with van der Waals surface area (Å²) >= 11 is 6.33. The summed E-state index contributed by atoms with van der Waals surface area (Å²) < 4.78 is 0. The molecule has 0 radical (unpaired) electrons. The Hall–Kier alpha value is -2.18. The van der Waals surface area contributed by atoms with Crippen LogP contribution in [0.3, 0.4) is 0 Å². The van der Waals surface area contributed by atoms with Crippen molar-refractivity contribution in [1.82, 2.24) is 4.98 Å². The summed E-state index contributed by atoms with van der Waals surface area (Å²) in [7, 11) is 0. The Balaban J connectivity index is 2.18. The van der Waals surface area contributed by atoms with Crippen LogP contribution in [0.4, 0.5) is 11.4 Å². The van der Waals surface area contributed by atoms with Crippen LogP contribution in [-0.2, 0) is 0 Å². The average Bonchev–Trinajstić information content (AvgIpc) is 2.56. The molecule has 22 heavy (non-hydrogen) atoms. The van der Waals surface area contributed by atoms with Crippen molar-refractivity contribution in [1.29, 1.82) is 0 Å². The molecule has 1 unspecified atom stereocenters. The molecule has 3 nitrogen and oxygen atoms in total. The second-order valence-corrected chi connectivity index (χ2v) is 5.65. The molecule has 0 fully saturated rings. The van der Waals surface area contributed by atoms with Crippen molar-refractivity contribution in [2.45, 2.75) is 20.3 Å². The van der Waals surface area contributed by atoms with Crippen LogP contribution >= 0.6 is 11.6 Å². The predicted octanol–water partition coefficient (Wildman–Crippen LogP) is 4.18. The zero-order chi connectivity index (χ0) is 15.9. The van der Waals surface area contributed by atoms with Crippen LogP contribution in [0, 0.1) is 17.8 Å². The Morgan fingerprint density at radius 2 is 2.14 bits per heavy atom. The van der Waals surface area contributed by atoms with Crippen molar-refractivity contribution in [3.63, 3.8) is 0 Å². The highest BCUT2D eigenvalue weighted by Crippen LogP contribution is 2.30. The van der Waals surface area contributed by atoms with Gasteiger partial charge in [0.1, 0.15) is 0 Å². The van der Waals surface area contributed by atoms with E-state index in [9.17, 15) is 0 Å². The second-order valence-electron chi connectivity index (χ2n) is 5.27. The lowest BCUT2D eigenvalue weighted by Gasteiger charge is -2.14. The minimum absolute atomic E-state index is 0.491. The zero-order valence-electron chi connectivity index (χ0n) is 12.9. The number of nitrogens with zero attached hydrogens (tertiary/aromatic N) is 1. The van der Waals surface area contributed by atoms with E-state index in [1.165, 1.54) is 0 Å². The fourth-order valence-electron chi connectivity index (χ4n) is 1.85. The Kier molecular flexibility index (Phi) is 5.68. The molecule has 0 spiro atoms. The predicted molar refractivity (Wildman–Crippen MR) is 94.0 cm³/mol. The van der Waals surface area contributed by atoms with Gasteiger partial charge in [-0.05, 0) is 30.2 Å². The van der Waals surface area contributed by atoms with Crippen LogP contribution in [-0.4, -0.2) is 11.5 Å². The first kappa shape index (κ1) is 16.2. The van der Waals surface area contributed by atoms with E-state index in [4.69, 9.17) is 17.3 Å². The SMILES string of the molecule is CCC(C)CNc1ccc(C#Cc2cccnc2)c(Cl)c1N. The van der Waals surface area contributed by atoms with Crippen molar-refractivity contribution >= 4 is 23.0 Å². The molecule has 3 N–H and O–H groups in total. The smallest absolute Gasteiger partial charge is 0.0813 e. The Morgan fingerprint density at radius 1 is 1.32 bits per heavy atom. The Bertz CT molecular complexity index is 687. The molecule has 0 aliphatic heterocycles. The quantitative estimate of drug-likeness (QED) is 0.658. The molecule has 0 aliphatic carbocycles. The fraction of sp³-hybridized carbons (Fsp3) is 0.278. The summed E-state index contributed by atoms with van der Waals surface area (Å²) in [5.74, 6) is 6.66. The molecule has 1 aromatic carbocycles. The topological polar surface area (TPSA) is 50.9 Å². The van der Waals surface area contributed by atoms with Crippen LogP contribution in [0.5, 0.6) is 0 Å². The first-order chi connectivity index (χ1) is 10.6. The molecular formula is C18H20ClN3. The van der Waals surface area contributed by atoms with Crippen molar-refractivity contribution < 1.29 is 0 Å². The van der Waals surface area contributed by atoms with Gasteiger partial charge in [-0.25, -0.2) is 0 Å². The van der Waals surface area contributed by atoms with Gasteiger partial charge in [-0.1, -0.05) is 43.7 Å². The maximum atomic E-state index is 6.33. The van der Waals surface area contributed by atoms with Crippen LogP contribution in [0.1, 0.15) is 31.4 Å². The third kappa shape index (κ3) is 4.16. The van der Waals surface area contributed by atoms with Gasteiger partial charge < -0.3 is 11.1 Å². The van der Waals surface area contributed by atoms with E-state index in [1.54, 1.807) is 12.4 Å². The first-order valence-electron chi connectivity index (χ1n) is 7.35. The minimum atomic E-state index is 0.491. The molecule has 1 heterocycles. The number of anilines is 2. The minimum Gasteiger partial charge on any atom is -0.396 e. The summed E-state index contributed by atoms with van der Waals surface area (Å²) in [5.41, 5.74) is 9.07. The Morgan fingerprint density at radius 3 is 2.82 bits per heavy atom. The molecule has 1 aromatic heterocycles. The normalized spacial score (nSPS) is 11.4. The van der Waals surface area contributed by atoms with E-state index in [-0.39, 0.29) is 0 Å². The first-order valence-corrected chi connectivity index (χ1v) is 7.73. The van der Waals surface area contributed by atoms with Gasteiger partial charge in [0.15, 0.2) is 0 Å². The summed E-state index contributed by atoms with van der Waals surface area (Å²) in [4.78, 5) is 4.03. The van der Waals surface area contributed by atoms with Gasteiger partial charge in [-0.15, -0.1) is 0 Å². The lowest BCUT2D eigenvalue weighted by molar-refractivity contribution is 0.593. The van der Waals surface area contributed by atoms with Gasteiger partial charge in [0, 0.05) is 30.1 Å². The van der Waals surface area contributed by atoms with Crippen LogP contribution in [0.15, 0.2) is 36.7 Å². The summed E-state index contributed by atoms with van der Waals surface area (Å²) in [6.07, 6.45) is 4.55. The van der Waals surface area contributed by atoms with Gasteiger partial charge in [-0.2, -0.15) is 0 Å². The van der Waals surface area contributed by atoms with Gasteiger partial charge >= 0.3 is 0 Å². The van der Waals surface area contributed by atoms with Crippen LogP contribution in [0.25, 0.3) is 0 Å². The van der Waals surface area contributed by atoms with Gasteiger partial charge in [0.05, 0.1) is 16.4 Å². The molecule has 2 rings (SSSR count). The number of hydrogen-bond donors (Lipinski definition) is 2. The number of benzene rings is 1. The van der Waals surface area contributed by atoms with E-state index >= 15 is 0 Å². The monoisotopic (exact) mass is 313 g/mol. The van der Waals surface area contributed by atoms with E-state index in [0.29, 0.717) is 16.6 Å². The summed E-state index contributed by atoms with van der Waals surface area (Å²) in [6, 6.07) is 7.57. The third-order valence-corrected chi connectivity index (χ3v) is 3.93. The maximum Gasteiger partial charge on any atom is 0.0813 e. The van der Waals surface area contributed by atoms with Gasteiger partial charge in [-0.3, -0.25) is 4.98 Å². The molecular weight excluding hydrogens is 294 g/mol. The number of nitrogen functional groups attached to an aromatic ring is 1. The molecule has 0 saturated carbocycles. The van der Waals surface area contributed by atoms with Crippen molar-refractivity contribution in [3.05, 3.63) is 52.8 Å². The number of hydrogen-bond acceptors (Lipinski definition) is 3. The highest BCUT2D eigenvalue weighted by molar-refractivity contribution is 6.35. The lowest BCUT2D eigenvalue weighted by Crippen LogP contribution is -2.11. The van der Waals surface area contributed by atoms with Crippen molar-refractivity contribution in [3.8, 4) is 11.8 Å². The largest absolute Gasteiger partial charge is 0.396 e. The molecule has 0 bridgehead atoms. The van der Waals surface area contributed by atoms with Crippen molar-refractivity contribution in [2.24, 2.45) is 5.92 Å². The number of nitrogens with two attached hydrogens (primary N) is 1. The molecule has 0 saturated heterocycles. The number of aromatic nitrogens is 1. The molecule has 0 aliphatic rings. The second kappa shape index (κ2) is 7.72. The number of nitrogens with one attached hydrogen (secondary N) is 1. The molecule has 114 valence electrons. The van der Waals surface area contributed by atoms with Gasteiger partial charge in [0.2, 0.25) is 0 Å². The highest BCUT2D eigenvalue weighted by atomic mass is 35.5. The standard InChI is InChI=1S/C18H20ClN3/c1-3-13(2)11-22-16-9-8-15(17(19)18(16)20)7-6-14-5-4-10-21-12-14/h4-5,8-10,12-13,22H,3,11,20H2,1-2H3. The zero-order valence-corrected chi connectivity index (χ0v) is 13.6. The summed E-state index contributed by atoms with van der Waals surface area (Å²) in [6.45, 7) is 5.23.